The predicted octanol–water partition coefficient (Wildman–Crippen LogP) is 6.93. The number of benzene rings is 4. The minimum atomic E-state index is -0.938. The number of aromatic nitrogens is 1. The Hall–Kier alpha value is -5.73. The van der Waals surface area contributed by atoms with E-state index < -0.39 is 23.6 Å². The Morgan fingerprint density at radius 1 is 1.04 bits per heavy atom. The van der Waals surface area contributed by atoms with Crippen molar-refractivity contribution in [2.75, 3.05) is 32.6 Å². The molecule has 1 unspecified atom stereocenters. The number of hydrogen-bond donors (Lipinski definition) is 2. The molecule has 0 aliphatic carbocycles. The number of carbonyl (C=O) groups excluding carboxylic acids is 1. The molecule has 1 amide bonds. The number of methoxy groups -OCH3 is 1. The van der Waals surface area contributed by atoms with Crippen molar-refractivity contribution < 1.29 is 32.3 Å². The Labute approximate surface area is 262 Å². The van der Waals surface area contributed by atoms with Crippen molar-refractivity contribution >= 4 is 33.7 Å². The average molecular weight is 623 g/mol. The lowest BCUT2D eigenvalue weighted by atomic mass is 9.96. The standard InChI is InChI=1S/C35H28F2N4O5/c1-39-34(43)31-24-16-23(20-9-12-28(44-3)25(15-20)35-40-32-26(37)5-4-6-29(32)46-35)27(41(2)18-22(42)13-14-38)17-30(24)45-33(31)19-7-10-21(36)11-8-19/h4-12,15-17,22,42H,13,18H2,1-3H3,(H,39,43). The highest BCUT2D eigenvalue weighted by molar-refractivity contribution is 6.13. The molecule has 232 valence electrons. The number of para-hydroxylation sites is 1. The molecule has 4 aromatic carbocycles. The quantitative estimate of drug-likeness (QED) is 0.178. The zero-order chi connectivity index (χ0) is 32.5. The van der Waals surface area contributed by atoms with Crippen LogP contribution in [-0.4, -0.2) is 49.9 Å². The van der Waals surface area contributed by atoms with Crippen molar-refractivity contribution in [1.82, 2.24) is 10.3 Å². The zero-order valence-corrected chi connectivity index (χ0v) is 25.1. The first-order valence-electron chi connectivity index (χ1n) is 14.3. The van der Waals surface area contributed by atoms with Crippen LogP contribution in [0.15, 0.2) is 81.6 Å². The van der Waals surface area contributed by atoms with E-state index in [-0.39, 0.29) is 41.3 Å². The molecule has 46 heavy (non-hydrogen) atoms. The molecule has 0 aliphatic heterocycles. The van der Waals surface area contributed by atoms with Gasteiger partial charge in [0.05, 0.1) is 36.8 Å². The van der Waals surface area contributed by atoms with Crippen LogP contribution in [-0.2, 0) is 0 Å². The van der Waals surface area contributed by atoms with Crippen LogP contribution < -0.4 is 15.0 Å². The van der Waals surface area contributed by atoms with Gasteiger partial charge in [-0.15, -0.1) is 0 Å². The van der Waals surface area contributed by atoms with Crippen LogP contribution in [0.2, 0.25) is 0 Å². The van der Waals surface area contributed by atoms with Gasteiger partial charge in [0.2, 0.25) is 5.89 Å². The number of ether oxygens (including phenoxy) is 1. The summed E-state index contributed by atoms with van der Waals surface area (Å²) >= 11 is 0. The Morgan fingerprint density at radius 3 is 2.50 bits per heavy atom. The number of hydrogen-bond acceptors (Lipinski definition) is 8. The Kier molecular flexibility index (Phi) is 8.13. The van der Waals surface area contributed by atoms with E-state index in [1.807, 2.05) is 12.1 Å². The van der Waals surface area contributed by atoms with Crippen LogP contribution in [0, 0.1) is 23.0 Å². The van der Waals surface area contributed by atoms with E-state index >= 15 is 0 Å². The summed E-state index contributed by atoms with van der Waals surface area (Å²) in [5, 5.41) is 22.8. The number of nitrogens with zero attached hydrogens (tertiary/aromatic N) is 3. The average Bonchev–Trinajstić information content (AvgIpc) is 3.66. The van der Waals surface area contributed by atoms with Gasteiger partial charge in [-0.25, -0.2) is 13.8 Å². The van der Waals surface area contributed by atoms with Crippen molar-refractivity contribution in [3.8, 4) is 45.7 Å². The van der Waals surface area contributed by atoms with Crippen molar-refractivity contribution in [3.05, 3.63) is 90.0 Å². The van der Waals surface area contributed by atoms with E-state index in [0.717, 1.165) is 0 Å². The lowest BCUT2D eigenvalue weighted by molar-refractivity contribution is 0.0964. The highest BCUT2D eigenvalue weighted by Crippen LogP contribution is 2.43. The molecule has 0 saturated heterocycles. The molecule has 1 atom stereocenters. The normalized spacial score (nSPS) is 11.8. The fourth-order valence-corrected chi connectivity index (χ4v) is 5.49. The topological polar surface area (TPSA) is 125 Å². The van der Waals surface area contributed by atoms with E-state index in [0.29, 0.717) is 44.7 Å². The molecule has 0 spiro atoms. The summed E-state index contributed by atoms with van der Waals surface area (Å²) in [6, 6.07) is 21.0. The summed E-state index contributed by atoms with van der Waals surface area (Å²) in [5.74, 6) is -0.518. The third-order valence-electron chi connectivity index (χ3n) is 7.70. The van der Waals surface area contributed by atoms with Gasteiger partial charge >= 0.3 is 0 Å². The van der Waals surface area contributed by atoms with Crippen LogP contribution in [0.1, 0.15) is 16.8 Å². The predicted molar refractivity (Wildman–Crippen MR) is 169 cm³/mol. The number of carbonyl (C=O) groups is 1. The van der Waals surface area contributed by atoms with Gasteiger partial charge in [0, 0.05) is 48.9 Å². The lowest BCUT2D eigenvalue weighted by Gasteiger charge is -2.25. The first kappa shape index (κ1) is 30.3. The smallest absolute Gasteiger partial charge is 0.255 e. The third-order valence-corrected chi connectivity index (χ3v) is 7.70. The number of anilines is 1. The van der Waals surface area contributed by atoms with Gasteiger partial charge in [-0.2, -0.15) is 5.26 Å². The summed E-state index contributed by atoms with van der Waals surface area (Å²) in [5.41, 5.74) is 3.87. The maximum atomic E-state index is 14.5. The highest BCUT2D eigenvalue weighted by atomic mass is 19.1. The maximum absolute atomic E-state index is 14.5. The van der Waals surface area contributed by atoms with E-state index in [1.165, 1.54) is 50.6 Å². The second-order valence-corrected chi connectivity index (χ2v) is 10.7. The lowest BCUT2D eigenvalue weighted by Crippen LogP contribution is -2.29. The number of fused-ring (bicyclic) bond motifs is 2. The number of halogens is 2. The minimum absolute atomic E-state index is 0.0703. The van der Waals surface area contributed by atoms with Crippen LogP contribution >= 0.6 is 0 Å². The molecule has 11 heteroatoms. The molecular formula is C35H28F2N4O5. The SMILES string of the molecule is CNC(=O)c1c(-c2ccc(F)cc2)oc2cc(N(C)CC(O)CC#N)c(-c3ccc(OC)c(-c4nc5c(F)cccc5o4)c3)cc12. The van der Waals surface area contributed by atoms with Gasteiger partial charge in [0.1, 0.15) is 28.4 Å². The van der Waals surface area contributed by atoms with Gasteiger partial charge in [0.25, 0.3) is 5.91 Å². The van der Waals surface area contributed by atoms with Crippen molar-refractivity contribution in [2.45, 2.75) is 12.5 Å². The number of furan rings is 1. The van der Waals surface area contributed by atoms with Crippen LogP contribution in [0.25, 0.3) is 56.0 Å². The van der Waals surface area contributed by atoms with Gasteiger partial charge < -0.3 is 28.9 Å². The highest BCUT2D eigenvalue weighted by Gasteiger charge is 2.26. The molecule has 0 fully saturated rings. The van der Waals surface area contributed by atoms with E-state index in [4.69, 9.17) is 18.8 Å². The van der Waals surface area contributed by atoms with Crippen molar-refractivity contribution in [1.29, 1.82) is 5.26 Å². The number of oxazole rings is 1. The van der Waals surface area contributed by atoms with Crippen LogP contribution in [0.4, 0.5) is 14.5 Å². The summed E-state index contributed by atoms with van der Waals surface area (Å²) in [6.07, 6.45) is -1.01. The number of rotatable bonds is 9. The molecule has 2 heterocycles. The minimum Gasteiger partial charge on any atom is -0.496 e. The van der Waals surface area contributed by atoms with E-state index in [2.05, 4.69) is 10.3 Å². The molecule has 0 radical (unpaired) electrons. The van der Waals surface area contributed by atoms with Crippen LogP contribution in [0.3, 0.4) is 0 Å². The monoisotopic (exact) mass is 622 g/mol. The van der Waals surface area contributed by atoms with Gasteiger partial charge in [-0.05, 0) is 60.2 Å². The first-order chi connectivity index (χ1) is 22.2. The zero-order valence-electron chi connectivity index (χ0n) is 25.1. The molecule has 2 N–H and O–H groups in total. The number of nitriles is 1. The maximum Gasteiger partial charge on any atom is 0.255 e. The van der Waals surface area contributed by atoms with E-state index in [1.54, 1.807) is 42.3 Å². The Balaban J connectivity index is 1.59. The van der Waals surface area contributed by atoms with Crippen molar-refractivity contribution in [3.63, 3.8) is 0 Å². The molecule has 6 rings (SSSR count). The number of aliphatic hydroxyl groups excluding tert-OH is 1. The van der Waals surface area contributed by atoms with E-state index in [9.17, 15) is 18.7 Å². The Bertz CT molecular complexity index is 2130. The van der Waals surface area contributed by atoms with Gasteiger partial charge in [-0.3, -0.25) is 4.79 Å². The third kappa shape index (κ3) is 5.50. The van der Waals surface area contributed by atoms with Gasteiger partial charge in [0.15, 0.2) is 11.4 Å². The summed E-state index contributed by atoms with van der Waals surface area (Å²) in [7, 11) is 4.78. The number of nitrogens with one attached hydrogen (secondary N) is 1. The summed E-state index contributed by atoms with van der Waals surface area (Å²) < 4.78 is 46.1. The molecule has 2 aromatic heterocycles. The van der Waals surface area contributed by atoms with Crippen LogP contribution in [0.5, 0.6) is 5.75 Å². The summed E-state index contributed by atoms with van der Waals surface area (Å²) in [4.78, 5) is 19.5. The fourth-order valence-electron chi connectivity index (χ4n) is 5.49. The molecule has 0 bridgehead atoms. The number of likely N-dealkylation sites (N-methyl/N-ethyl adjacent to an activating group) is 1. The molecule has 6 aromatic rings. The second-order valence-electron chi connectivity index (χ2n) is 10.7. The second kappa shape index (κ2) is 12.3. The Morgan fingerprint density at radius 2 is 1.80 bits per heavy atom. The number of amides is 1. The van der Waals surface area contributed by atoms with Gasteiger partial charge in [-0.1, -0.05) is 12.1 Å². The molecule has 0 saturated carbocycles. The summed E-state index contributed by atoms with van der Waals surface area (Å²) in [6.45, 7) is 0.118. The fraction of sp³-hybridized carbons (Fsp3) is 0.171. The molecule has 0 aliphatic rings. The number of aliphatic hydroxyl groups is 1. The molecular weight excluding hydrogens is 594 g/mol. The van der Waals surface area contributed by atoms with Crippen molar-refractivity contribution in [2.24, 2.45) is 0 Å². The largest absolute Gasteiger partial charge is 0.496 e. The molecule has 9 nitrogen and oxygen atoms in total. The first-order valence-corrected chi connectivity index (χ1v) is 14.3.